The SMILES string of the molecule is N#Cc1ccc([C@H](CC(=O)[O-])N2Cc3ccccc3C2=O)cc1. The fourth-order valence-corrected chi connectivity index (χ4v) is 2.87. The van der Waals surface area contributed by atoms with Crippen molar-refractivity contribution < 1.29 is 14.7 Å². The van der Waals surface area contributed by atoms with Gasteiger partial charge in [-0.15, -0.1) is 0 Å². The highest BCUT2D eigenvalue weighted by Gasteiger charge is 2.33. The molecule has 5 nitrogen and oxygen atoms in total. The number of aliphatic carboxylic acids is 1. The molecule has 2 aromatic carbocycles. The average Bonchev–Trinajstić information content (AvgIpc) is 2.90. The minimum atomic E-state index is -1.22. The zero-order valence-corrected chi connectivity index (χ0v) is 12.2. The van der Waals surface area contributed by atoms with Gasteiger partial charge in [-0.3, -0.25) is 4.79 Å². The number of nitriles is 1. The number of fused-ring (bicyclic) bond motifs is 1. The van der Waals surface area contributed by atoms with Gasteiger partial charge in [-0.05, 0) is 29.3 Å². The Labute approximate surface area is 133 Å². The van der Waals surface area contributed by atoms with Gasteiger partial charge in [0, 0.05) is 24.5 Å². The van der Waals surface area contributed by atoms with Crippen molar-refractivity contribution in [1.82, 2.24) is 4.90 Å². The third-order valence-electron chi connectivity index (χ3n) is 4.01. The van der Waals surface area contributed by atoms with E-state index in [0.29, 0.717) is 23.2 Å². The van der Waals surface area contributed by atoms with Crippen LogP contribution in [0, 0.1) is 11.3 Å². The Morgan fingerprint density at radius 2 is 1.91 bits per heavy atom. The minimum absolute atomic E-state index is 0.184. The third kappa shape index (κ3) is 2.79. The molecule has 23 heavy (non-hydrogen) atoms. The number of nitrogens with zero attached hydrogens (tertiary/aromatic N) is 2. The Morgan fingerprint density at radius 3 is 2.52 bits per heavy atom. The maximum absolute atomic E-state index is 12.6. The van der Waals surface area contributed by atoms with Crippen LogP contribution < -0.4 is 5.11 Å². The van der Waals surface area contributed by atoms with Gasteiger partial charge in [0.2, 0.25) is 0 Å². The molecule has 1 amide bonds. The van der Waals surface area contributed by atoms with Gasteiger partial charge in [0.25, 0.3) is 5.91 Å². The van der Waals surface area contributed by atoms with Crippen molar-refractivity contribution in [3.63, 3.8) is 0 Å². The summed E-state index contributed by atoms with van der Waals surface area (Å²) >= 11 is 0. The lowest BCUT2D eigenvalue weighted by atomic mass is 10.0. The van der Waals surface area contributed by atoms with Crippen LogP contribution in [-0.2, 0) is 11.3 Å². The van der Waals surface area contributed by atoms with E-state index in [9.17, 15) is 14.7 Å². The molecule has 0 aliphatic carbocycles. The van der Waals surface area contributed by atoms with Crippen LogP contribution in [0.2, 0.25) is 0 Å². The molecule has 0 fully saturated rings. The molecular weight excluding hydrogens is 292 g/mol. The largest absolute Gasteiger partial charge is 0.550 e. The zero-order valence-electron chi connectivity index (χ0n) is 12.2. The maximum atomic E-state index is 12.6. The fraction of sp³-hybridized carbons (Fsp3) is 0.167. The number of carbonyl (C=O) groups excluding carboxylic acids is 2. The van der Waals surface area contributed by atoms with Gasteiger partial charge in [-0.2, -0.15) is 5.26 Å². The van der Waals surface area contributed by atoms with Crippen LogP contribution in [0.4, 0.5) is 0 Å². The van der Waals surface area contributed by atoms with E-state index in [-0.39, 0.29) is 12.3 Å². The first kappa shape index (κ1) is 14.8. The van der Waals surface area contributed by atoms with E-state index in [2.05, 4.69) is 0 Å². The normalized spacial score (nSPS) is 14.2. The summed E-state index contributed by atoms with van der Waals surface area (Å²) in [7, 11) is 0. The predicted octanol–water partition coefficient (Wildman–Crippen LogP) is 1.40. The minimum Gasteiger partial charge on any atom is -0.550 e. The number of hydrogen-bond donors (Lipinski definition) is 0. The molecule has 0 radical (unpaired) electrons. The highest BCUT2D eigenvalue weighted by Crippen LogP contribution is 2.33. The Morgan fingerprint density at radius 1 is 1.22 bits per heavy atom. The second kappa shape index (κ2) is 5.93. The first-order chi connectivity index (χ1) is 11.1. The van der Waals surface area contributed by atoms with Gasteiger partial charge in [-0.1, -0.05) is 30.3 Å². The summed E-state index contributed by atoms with van der Waals surface area (Å²) in [6.07, 6.45) is -0.286. The molecule has 114 valence electrons. The highest BCUT2D eigenvalue weighted by atomic mass is 16.4. The summed E-state index contributed by atoms with van der Waals surface area (Å²) in [5.74, 6) is -1.40. The molecule has 3 rings (SSSR count). The highest BCUT2D eigenvalue weighted by molar-refractivity contribution is 5.98. The molecule has 5 heteroatoms. The number of amides is 1. The molecule has 0 saturated heterocycles. The van der Waals surface area contributed by atoms with E-state index in [1.54, 1.807) is 41.3 Å². The van der Waals surface area contributed by atoms with Gasteiger partial charge in [0.05, 0.1) is 17.7 Å². The van der Waals surface area contributed by atoms with Crippen molar-refractivity contribution >= 4 is 11.9 Å². The van der Waals surface area contributed by atoms with Crippen LogP contribution in [0.5, 0.6) is 0 Å². The molecule has 0 spiro atoms. The number of carboxylic acid groups (broad SMARTS) is 1. The number of carbonyl (C=O) groups is 2. The molecule has 0 N–H and O–H groups in total. The van der Waals surface area contributed by atoms with Crippen molar-refractivity contribution in [3.8, 4) is 6.07 Å². The van der Waals surface area contributed by atoms with Crippen LogP contribution in [0.25, 0.3) is 0 Å². The van der Waals surface area contributed by atoms with Gasteiger partial charge in [0.15, 0.2) is 0 Å². The lowest BCUT2D eigenvalue weighted by molar-refractivity contribution is -0.306. The monoisotopic (exact) mass is 305 g/mol. The van der Waals surface area contributed by atoms with Crippen LogP contribution in [0.15, 0.2) is 48.5 Å². The summed E-state index contributed by atoms with van der Waals surface area (Å²) in [6.45, 7) is 0.368. The van der Waals surface area contributed by atoms with Crippen LogP contribution >= 0.6 is 0 Å². The molecule has 1 aliphatic heterocycles. The molecule has 2 aromatic rings. The van der Waals surface area contributed by atoms with Gasteiger partial charge >= 0.3 is 0 Å². The van der Waals surface area contributed by atoms with Crippen LogP contribution in [0.1, 0.15) is 39.5 Å². The van der Waals surface area contributed by atoms with Crippen LogP contribution in [0.3, 0.4) is 0 Å². The van der Waals surface area contributed by atoms with E-state index >= 15 is 0 Å². The first-order valence-electron chi connectivity index (χ1n) is 7.19. The maximum Gasteiger partial charge on any atom is 0.255 e. The molecule has 0 unspecified atom stereocenters. The number of benzene rings is 2. The van der Waals surface area contributed by atoms with E-state index in [4.69, 9.17) is 5.26 Å². The van der Waals surface area contributed by atoms with Crippen molar-refractivity contribution in [3.05, 3.63) is 70.8 Å². The van der Waals surface area contributed by atoms with Crippen molar-refractivity contribution in [2.75, 3.05) is 0 Å². The Bertz CT molecular complexity index is 806. The van der Waals surface area contributed by atoms with Crippen molar-refractivity contribution in [1.29, 1.82) is 5.26 Å². The molecule has 0 aromatic heterocycles. The summed E-state index contributed by atoms with van der Waals surface area (Å²) in [4.78, 5) is 25.3. The quantitative estimate of drug-likeness (QED) is 0.854. The van der Waals surface area contributed by atoms with Crippen molar-refractivity contribution in [2.24, 2.45) is 0 Å². The lowest BCUT2D eigenvalue weighted by Gasteiger charge is -2.28. The standard InChI is InChI=1S/C18H14N2O3/c19-10-12-5-7-13(8-6-12)16(9-17(21)22)20-11-14-3-1-2-4-15(14)18(20)23/h1-8,16H,9,11H2,(H,21,22)/p-1/t16-/m0/s1. The summed E-state index contributed by atoms with van der Waals surface area (Å²) in [5.41, 5.74) is 2.64. The van der Waals surface area contributed by atoms with Gasteiger partial charge in [0.1, 0.15) is 0 Å². The van der Waals surface area contributed by atoms with Gasteiger partial charge < -0.3 is 14.8 Å². The smallest absolute Gasteiger partial charge is 0.255 e. The zero-order chi connectivity index (χ0) is 16.4. The van der Waals surface area contributed by atoms with Crippen LogP contribution in [-0.4, -0.2) is 16.8 Å². The third-order valence-corrected chi connectivity index (χ3v) is 4.01. The molecule has 0 bridgehead atoms. The molecular formula is C18H13N2O3-. The van der Waals surface area contributed by atoms with E-state index in [1.165, 1.54) is 0 Å². The Hall–Kier alpha value is -3.13. The van der Waals surface area contributed by atoms with Gasteiger partial charge in [-0.25, -0.2) is 0 Å². The van der Waals surface area contributed by atoms with Crippen molar-refractivity contribution in [2.45, 2.75) is 19.0 Å². The molecule has 1 heterocycles. The predicted molar refractivity (Wildman–Crippen MR) is 79.8 cm³/mol. The summed E-state index contributed by atoms with van der Waals surface area (Å²) in [5, 5.41) is 20.0. The van der Waals surface area contributed by atoms with E-state index in [1.807, 2.05) is 18.2 Å². The second-order valence-corrected chi connectivity index (χ2v) is 5.42. The topological polar surface area (TPSA) is 84.2 Å². The Balaban J connectivity index is 1.96. The second-order valence-electron chi connectivity index (χ2n) is 5.42. The Kier molecular flexibility index (Phi) is 3.82. The lowest BCUT2D eigenvalue weighted by Crippen LogP contribution is -2.34. The average molecular weight is 305 g/mol. The molecule has 0 saturated carbocycles. The fourth-order valence-electron chi connectivity index (χ4n) is 2.87. The molecule has 1 atom stereocenters. The number of rotatable bonds is 4. The first-order valence-corrected chi connectivity index (χ1v) is 7.19. The summed E-state index contributed by atoms with van der Waals surface area (Å²) < 4.78 is 0. The summed E-state index contributed by atoms with van der Waals surface area (Å²) in [6, 6.07) is 15.2. The van der Waals surface area contributed by atoms with E-state index in [0.717, 1.165) is 5.56 Å². The molecule has 1 aliphatic rings. The van der Waals surface area contributed by atoms with E-state index < -0.39 is 12.0 Å². The number of hydrogen-bond acceptors (Lipinski definition) is 4. The number of carboxylic acids is 1.